The minimum atomic E-state index is -0.872. The summed E-state index contributed by atoms with van der Waals surface area (Å²) in [6.07, 6.45) is 0.0207. The number of amides is 1. The third kappa shape index (κ3) is 8.16. The van der Waals surface area contributed by atoms with Crippen molar-refractivity contribution in [2.45, 2.75) is 13.3 Å². The van der Waals surface area contributed by atoms with Crippen LogP contribution < -0.4 is 10.1 Å². The Kier molecular flexibility index (Phi) is 9.16. The molecule has 0 aliphatic rings. The first-order valence-corrected chi connectivity index (χ1v) is 6.44. The molecule has 0 fully saturated rings. The Morgan fingerprint density at radius 1 is 1.29 bits per heavy atom. The van der Waals surface area contributed by atoms with E-state index >= 15 is 0 Å². The van der Waals surface area contributed by atoms with Crippen LogP contribution in [0.4, 0.5) is 5.69 Å². The van der Waals surface area contributed by atoms with Gasteiger partial charge in [0.25, 0.3) is 0 Å². The largest absolute Gasteiger partial charge is 0.494 e. The van der Waals surface area contributed by atoms with Gasteiger partial charge in [0, 0.05) is 12.2 Å². The fourth-order valence-electron chi connectivity index (χ4n) is 1.61. The van der Waals surface area contributed by atoms with Crippen LogP contribution in [0.3, 0.4) is 0 Å². The van der Waals surface area contributed by atoms with Crippen LogP contribution in [-0.2, 0) is 9.59 Å². The molecule has 0 aliphatic carbocycles. The van der Waals surface area contributed by atoms with Crippen LogP contribution in [0.2, 0.25) is 0 Å². The lowest BCUT2D eigenvalue weighted by Gasteiger charge is -2.15. The number of halogens is 1. The predicted molar refractivity (Wildman–Crippen MR) is 83.2 cm³/mol. The molecule has 0 atom stereocenters. The van der Waals surface area contributed by atoms with E-state index in [1.165, 1.54) is 0 Å². The third-order valence-electron chi connectivity index (χ3n) is 2.57. The molecule has 0 spiro atoms. The van der Waals surface area contributed by atoms with Crippen molar-refractivity contribution in [1.82, 2.24) is 4.90 Å². The Labute approximate surface area is 130 Å². The van der Waals surface area contributed by atoms with Crippen LogP contribution in [-0.4, -0.2) is 48.6 Å². The van der Waals surface area contributed by atoms with Gasteiger partial charge in [-0.3, -0.25) is 14.5 Å². The van der Waals surface area contributed by atoms with E-state index in [1.807, 2.05) is 6.92 Å². The van der Waals surface area contributed by atoms with E-state index in [0.29, 0.717) is 18.8 Å². The Balaban J connectivity index is 0.00000400. The number of benzene rings is 1. The molecule has 0 bridgehead atoms. The molecular formula is C14H21ClN2O4. The molecule has 2 N–H and O–H groups in total. The van der Waals surface area contributed by atoms with E-state index in [9.17, 15) is 9.59 Å². The van der Waals surface area contributed by atoms with Crippen LogP contribution in [0.15, 0.2) is 24.3 Å². The van der Waals surface area contributed by atoms with Crippen LogP contribution in [0.25, 0.3) is 0 Å². The molecule has 1 aromatic rings. The molecule has 21 heavy (non-hydrogen) atoms. The zero-order chi connectivity index (χ0) is 15.0. The molecule has 0 radical (unpaired) electrons. The topological polar surface area (TPSA) is 78.9 Å². The van der Waals surface area contributed by atoms with Crippen molar-refractivity contribution in [2.75, 3.05) is 32.1 Å². The highest BCUT2D eigenvalue weighted by Crippen LogP contribution is 2.15. The smallest absolute Gasteiger partial charge is 0.304 e. The highest BCUT2D eigenvalue weighted by Gasteiger charge is 2.08. The summed E-state index contributed by atoms with van der Waals surface area (Å²) < 4.78 is 5.31. The van der Waals surface area contributed by atoms with Gasteiger partial charge in [0.15, 0.2) is 0 Å². The molecule has 1 amide bonds. The Morgan fingerprint density at radius 2 is 1.90 bits per heavy atom. The second-order valence-corrected chi connectivity index (χ2v) is 4.39. The summed E-state index contributed by atoms with van der Waals surface area (Å²) in [4.78, 5) is 23.8. The molecule has 118 valence electrons. The summed E-state index contributed by atoms with van der Waals surface area (Å²) >= 11 is 0. The fraction of sp³-hybridized carbons (Fsp3) is 0.429. The summed E-state index contributed by atoms with van der Waals surface area (Å²) in [5, 5.41) is 11.3. The summed E-state index contributed by atoms with van der Waals surface area (Å²) in [6, 6.07) is 7.10. The number of aliphatic carboxylic acids is 1. The van der Waals surface area contributed by atoms with E-state index < -0.39 is 5.97 Å². The van der Waals surface area contributed by atoms with Gasteiger partial charge in [0.1, 0.15) is 5.75 Å². The highest BCUT2D eigenvalue weighted by molar-refractivity contribution is 5.92. The lowest BCUT2D eigenvalue weighted by molar-refractivity contribution is -0.137. The minimum Gasteiger partial charge on any atom is -0.494 e. The SMILES string of the molecule is CCOc1ccc(NC(=O)CN(C)CCC(=O)O)cc1.Cl. The number of carboxylic acid groups (broad SMARTS) is 1. The maximum atomic E-state index is 11.7. The van der Waals surface area contributed by atoms with Crippen molar-refractivity contribution in [3.05, 3.63) is 24.3 Å². The maximum absolute atomic E-state index is 11.7. The normalized spacial score (nSPS) is 9.86. The molecule has 0 saturated heterocycles. The van der Waals surface area contributed by atoms with E-state index in [4.69, 9.17) is 9.84 Å². The van der Waals surface area contributed by atoms with Crippen LogP contribution in [0, 0.1) is 0 Å². The van der Waals surface area contributed by atoms with Crippen LogP contribution in [0.5, 0.6) is 5.75 Å². The predicted octanol–water partition coefficient (Wildman–Crippen LogP) is 1.85. The van der Waals surface area contributed by atoms with Crippen molar-refractivity contribution in [2.24, 2.45) is 0 Å². The Morgan fingerprint density at radius 3 is 2.43 bits per heavy atom. The lowest BCUT2D eigenvalue weighted by atomic mass is 10.3. The first-order valence-electron chi connectivity index (χ1n) is 6.44. The Hall–Kier alpha value is -1.79. The standard InChI is InChI=1S/C14H20N2O4.ClH/c1-3-20-12-6-4-11(5-7-12)15-13(17)10-16(2)9-8-14(18)19;/h4-7H,3,8-10H2,1-2H3,(H,15,17)(H,18,19);1H. The molecular weight excluding hydrogens is 296 g/mol. The number of anilines is 1. The molecule has 6 nitrogen and oxygen atoms in total. The van der Waals surface area contributed by atoms with E-state index in [0.717, 1.165) is 5.75 Å². The fourth-order valence-corrected chi connectivity index (χ4v) is 1.61. The quantitative estimate of drug-likeness (QED) is 0.765. The summed E-state index contributed by atoms with van der Waals surface area (Å²) in [6.45, 7) is 3.00. The summed E-state index contributed by atoms with van der Waals surface area (Å²) in [7, 11) is 1.71. The number of nitrogens with zero attached hydrogens (tertiary/aromatic N) is 1. The van der Waals surface area contributed by atoms with E-state index in [-0.39, 0.29) is 31.3 Å². The van der Waals surface area contributed by atoms with Gasteiger partial charge in [0.2, 0.25) is 5.91 Å². The zero-order valence-electron chi connectivity index (χ0n) is 12.2. The van der Waals surface area contributed by atoms with Crippen LogP contribution >= 0.6 is 12.4 Å². The number of rotatable bonds is 8. The number of carbonyl (C=O) groups excluding carboxylic acids is 1. The Bertz CT molecular complexity index is 451. The minimum absolute atomic E-state index is 0. The molecule has 0 heterocycles. The number of carbonyl (C=O) groups is 2. The molecule has 0 aromatic heterocycles. The van der Waals surface area contributed by atoms with Gasteiger partial charge >= 0.3 is 5.97 Å². The number of nitrogens with one attached hydrogen (secondary N) is 1. The molecule has 0 saturated carbocycles. The first kappa shape index (κ1) is 19.2. The monoisotopic (exact) mass is 316 g/mol. The average Bonchev–Trinajstić information content (AvgIpc) is 2.39. The first-order chi connectivity index (χ1) is 9.51. The van der Waals surface area contributed by atoms with Crippen LogP contribution in [0.1, 0.15) is 13.3 Å². The second kappa shape index (κ2) is 10.0. The van der Waals surface area contributed by atoms with Crippen molar-refractivity contribution < 1.29 is 19.4 Å². The van der Waals surface area contributed by atoms with Gasteiger partial charge in [-0.25, -0.2) is 0 Å². The van der Waals surface area contributed by atoms with Gasteiger partial charge < -0.3 is 15.2 Å². The number of likely N-dealkylation sites (N-methyl/N-ethyl adjacent to an activating group) is 1. The molecule has 0 aliphatic heterocycles. The van der Waals surface area contributed by atoms with Gasteiger partial charge in [-0.1, -0.05) is 0 Å². The van der Waals surface area contributed by atoms with Gasteiger partial charge in [-0.05, 0) is 38.2 Å². The molecule has 1 aromatic carbocycles. The van der Waals surface area contributed by atoms with Crippen molar-refractivity contribution >= 4 is 30.0 Å². The van der Waals surface area contributed by atoms with E-state index in [1.54, 1.807) is 36.2 Å². The van der Waals surface area contributed by atoms with Gasteiger partial charge in [0.05, 0.1) is 19.6 Å². The lowest BCUT2D eigenvalue weighted by Crippen LogP contribution is -2.31. The van der Waals surface area contributed by atoms with Crippen molar-refractivity contribution in [3.8, 4) is 5.75 Å². The number of hydrogen-bond donors (Lipinski definition) is 2. The summed E-state index contributed by atoms with van der Waals surface area (Å²) in [5.74, 6) is -0.296. The number of ether oxygens (including phenoxy) is 1. The van der Waals surface area contributed by atoms with Gasteiger partial charge in [-0.2, -0.15) is 0 Å². The molecule has 1 rings (SSSR count). The number of carboxylic acids is 1. The zero-order valence-corrected chi connectivity index (χ0v) is 13.0. The number of hydrogen-bond acceptors (Lipinski definition) is 4. The van der Waals surface area contributed by atoms with Gasteiger partial charge in [-0.15, -0.1) is 12.4 Å². The van der Waals surface area contributed by atoms with Crippen molar-refractivity contribution in [1.29, 1.82) is 0 Å². The third-order valence-corrected chi connectivity index (χ3v) is 2.57. The maximum Gasteiger partial charge on any atom is 0.304 e. The molecule has 7 heteroatoms. The average molecular weight is 317 g/mol. The van der Waals surface area contributed by atoms with E-state index in [2.05, 4.69) is 5.32 Å². The second-order valence-electron chi connectivity index (χ2n) is 4.39. The summed E-state index contributed by atoms with van der Waals surface area (Å²) in [5.41, 5.74) is 0.685. The van der Waals surface area contributed by atoms with Crippen molar-refractivity contribution in [3.63, 3.8) is 0 Å². The highest BCUT2D eigenvalue weighted by atomic mass is 35.5. The molecule has 0 unspecified atom stereocenters.